The lowest BCUT2D eigenvalue weighted by Crippen LogP contribution is -2.34. The molecule has 0 unspecified atom stereocenters. The lowest BCUT2D eigenvalue weighted by Gasteiger charge is -2.13. The van der Waals surface area contributed by atoms with Gasteiger partial charge in [-0.3, -0.25) is 14.9 Å². The van der Waals surface area contributed by atoms with Crippen molar-refractivity contribution in [2.75, 3.05) is 17.7 Å². The largest absolute Gasteiger partial charge is 0.496 e. The van der Waals surface area contributed by atoms with E-state index >= 15 is 0 Å². The van der Waals surface area contributed by atoms with Gasteiger partial charge >= 0.3 is 0 Å². The predicted molar refractivity (Wildman–Crippen MR) is 115 cm³/mol. The maximum absolute atomic E-state index is 12.5. The van der Waals surface area contributed by atoms with Crippen LogP contribution in [0.3, 0.4) is 0 Å². The van der Waals surface area contributed by atoms with Gasteiger partial charge in [0.2, 0.25) is 0 Å². The summed E-state index contributed by atoms with van der Waals surface area (Å²) in [5.74, 6) is -0.0476. The number of furan rings is 1. The Morgan fingerprint density at radius 1 is 0.966 bits per heavy atom. The third-order valence-corrected chi connectivity index (χ3v) is 4.22. The first-order chi connectivity index (χ1) is 14.0. The molecule has 1 aromatic heterocycles. The van der Waals surface area contributed by atoms with Gasteiger partial charge in [-0.2, -0.15) is 0 Å². The third kappa shape index (κ3) is 4.99. The molecule has 2 amide bonds. The van der Waals surface area contributed by atoms with Gasteiger partial charge in [-0.05, 0) is 61.1 Å². The molecule has 3 N–H and O–H groups in total. The number of methoxy groups -OCH3 is 1. The zero-order valence-electron chi connectivity index (χ0n) is 15.8. The number of nitrogens with one attached hydrogen (secondary N) is 3. The normalized spacial score (nSPS) is 10.1. The Kier molecular flexibility index (Phi) is 6.25. The second kappa shape index (κ2) is 9.03. The number of hydrogen-bond acceptors (Lipinski definition) is 5. The highest BCUT2D eigenvalue weighted by molar-refractivity contribution is 7.80. The molecule has 7 nitrogen and oxygen atoms in total. The molecule has 0 radical (unpaired) electrons. The van der Waals surface area contributed by atoms with Gasteiger partial charge in [0, 0.05) is 11.4 Å². The van der Waals surface area contributed by atoms with E-state index in [1.165, 1.54) is 13.4 Å². The number of amides is 2. The summed E-state index contributed by atoms with van der Waals surface area (Å²) in [4.78, 5) is 24.6. The smallest absolute Gasteiger partial charge is 0.291 e. The third-order valence-electron chi connectivity index (χ3n) is 4.01. The van der Waals surface area contributed by atoms with E-state index in [9.17, 15) is 9.59 Å². The van der Waals surface area contributed by atoms with Crippen LogP contribution in [0.1, 0.15) is 26.5 Å². The van der Waals surface area contributed by atoms with Crippen LogP contribution in [-0.4, -0.2) is 24.0 Å². The van der Waals surface area contributed by atoms with E-state index in [0.29, 0.717) is 22.7 Å². The molecule has 0 aliphatic heterocycles. The van der Waals surface area contributed by atoms with E-state index in [1.54, 1.807) is 48.5 Å². The second-order valence-electron chi connectivity index (χ2n) is 6.08. The lowest BCUT2D eigenvalue weighted by atomic mass is 10.1. The van der Waals surface area contributed by atoms with Gasteiger partial charge in [0.05, 0.1) is 18.9 Å². The highest BCUT2D eigenvalue weighted by Crippen LogP contribution is 2.23. The van der Waals surface area contributed by atoms with Crippen molar-refractivity contribution in [2.45, 2.75) is 6.92 Å². The van der Waals surface area contributed by atoms with Crippen molar-refractivity contribution in [3.8, 4) is 5.75 Å². The van der Waals surface area contributed by atoms with Gasteiger partial charge < -0.3 is 19.8 Å². The number of aryl methyl sites for hydroxylation is 1. The van der Waals surface area contributed by atoms with Gasteiger partial charge in [0.1, 0.15) is 5.75 Å². The number of thiocarbonyl (C=S) groups is 1. The van der Waals surface area contributed by atoms with Crippen molar-refractivity contribution in [1.82, 2.24) is 5.32 Å². The fraction of sp³-hybridized carbons (Fsp3) is 0.0952. The molecule has 0 atom stereocenters. The average molecular weight is 409 g/mol. The van der Waals surface area contributed by atoms with E-state index in [0.717, 1.165) is 5.56 Å². The van der Waals surface area contributed by atoms with Crippen LogP contribution < -0.4 is 20.7 Å². The number of rotatable bonds is 5. The molecule has 8 heteroatoms. The first kappa shape index (κ1) is 20.1. The van der Waals surface area contributed by atoms with Crippen LogP contribution in [0.4, 0.5) is 11.4 Å². The second-order valence-corrected chi connectivity index (χ2v) is 6.48. The van der Waals surface area contributed by atoms with E-state index in [4.69, 9.17) is 21.4 Å². The van der Waals surface area contributed by atoms with Crippen molar-refractivity contribution >= 4 is 40.5 Å². The summed E-state index contributed by atoms with van der Waals surface area (Å²) in [5.41, 5.74) is 2.38. The Morgan fingerprint density at radius 2 is 1.69 bits per heavy atom. The summed E-state index contributed by atoms with van der Waals surface area (Å²) in [7, 11) is 1.51. The van der Waals surface area contributed by atoms with Gasteiger partial charge in [0.25, 0.3) is 11.8 Å². The maximum Gasteiger partial charge on any atom is 0.291 e. The molecule has 1 heterocycles. The zero-order valence-corrected chi connectivity index (χ0v) is 16.6. The Labute approximate surface area is 173 Å². The van der Waals surface area contributed by atoms with Crippen molar-refractivity contribution in [3.05, 3.63) is 77.7 Å². The van der Waals surface area contributed by atoms with Crippen LogP contribution in [0.5, 0.6) is 5.75 Å². The minimum atomic E-state index is -0.384. The molecular formula is C21H19N3O4S. The average Bonchev–Trinajstić information content (AvgIpc) is 3.23. The quantitative estimate of drug-likeness (QED) is 0.552. The van der Waals surface area contributed by atoms with Crippen LogP contribution >= 0.6 is 12.2 Å². The molecule has 0 saturated heterocycles. The minimum Gasteiger partial charge on any atom is -0.496 e. The molecule has 3 aromatic rings. The molecule has 2 aromatic carbocycles. The van der Waals surface area contributed by atoms with Crippen molar-refractivity contribution in [3.63, 3.8) is 0 Å². The number of carbonyl (C=O) groups excluding carboxylic acids is 2. The predicted octanol–water partition coefficient (Wildman–Crippen LogP) is 3.98. The molecular weight excluding hydrogens is 390 g/mol. The van der Waals surface area contributed by atoms with E-state index in [2.05, 4.69) is 16.0 Å². The number of hydrogen-bond donors (Lipinski definition) is 3. The number of carbonyl (C=O) groups is 2. The first-order valence-corrected chi connectivity index (χ1v) is 9.09. The molecule has 29 heavy (non-hydrogen) atoms. The number of para-hydroxylation sites is 1. The lowest BCUT2D eigenvalue weighted by molar-refractivity contribution is 0.0972. The van der Waals surface area contributed by atoms with Gasteiger partial charge in [-0.1, -0.05) is 18.2 Å². The van der Waals surface area contributed by atoms with Gasteiger partial charge in [0.15, 0.2) is 10.9 Å². The van der Waals surface area contributed by atoms with Crippen LogP contribution in [-0.2, 0) is 0 Å². The summed E-state index contributed by atoms with van der Waals surface area (Å²) in [5, 5.41) is 8.40. The summed E-state index contributed by atoms with van der Waals surface area (Å²) in [6.45, 7) is 1.86. The van der Waals surface area contributed by atoms with Crippen LogP contribution in [0.25, 0.3) is 0 Å². The SMILES string of the molecule is COc1c(C)cccc1C(=O)NC(=S)Nc1cccc(NC(=O)c2ccco2)c1. The molecule has 0 bridgehead atoms. The molecule has 0 fully saturated rings. The molecule has 0 saturated carbocycles. The van der Waals surface area contributed by atoms with E-state index < -0.39 is 0 Å². The Morgan fingerprint density at radius 3 is 2.38 bits per heavy atom. The number of benzene rings is 2. The van der Waals surface area contributed by atoms with Crippen LogP contribution in [0.15, 0.2) is 65.3 Å². The maximum atomic E-state index is 12.5. The zero-order chi connectivity index (χ0) is 20.8. The standard InChI is InChI=1S/C21H19N3O4S/c1-13-6-3-9-16(18(13)27-2)19(25)24-21(29)23-15-8-4-7-14(12-15)22-20(26)17-10-5-11-28-17/h3-12H,1-2H3,(H,22,26)(H2,23,24,25,29). The fourth-order valence-corrected chi connectivity index (χ4v) is 2.92. The Hall–Kier alpha value is -3.65. The minimum absolute atomic E-state index is 0.119. The fourth-order valence-electron chi connectivity index (χ4n) is 2.71. The van der Waals surface area contributed by atoms with Crippen molar-refractivity contribution in [1.29, 1.82) is 0 Å². The van der Waals surface area contributed by atoms with Crippen molar-refractivity contribution in [2.24, 2.45) is 0 Å². The topological polar surface area (TPSA) is 92.6 Å². The van der Waals surface area contributed by atoms with Crippen LogP contribution in [0.2, 0.25) is 0 Å². The molecule has 0 spiro atoms. The number of anilines is 2. The van der Waals surface area contributed by atoms with Gasteiger partial charge in [-0.15, -0.1) is 0 Å². The van der Waals surface area contributed by atoms with E-state index in [-0.39, 0.29) is 22.7 Å². The van der Waals surface area contributed by atoms with E-state index in [1.807, 2.05) is 13.0 Å². The summed E-state index contributed by atoms with van der Waals surface area (Å²) < 4.78 is 10.4. The van der Waals surface area contributed by atoms with Gasteiger partial charge in [-0.25, -0.2) is 0 Å². The highest BCUT2D eigenvalue weighted by atomic mass is 32.1. The summed E-state index contributed by atoms with van der Waals surface area (Å²) in [6, 6.07) is 15.4. The number of ether oxygens (including phenoxy) is 1. The van der Waals surface area contributed by atoms with Crippen molar-refractivity contribution < 1.29 is 18.7 Å². The molecule has 148 valence electrons. The monoisotopic (exact) mass is 409 g/mol. The van der Waals surface area contributed by atoms with Crippen LogP contribution in [0, 0.1) is 6.92 Å². The summed E-state index contributed by atoms with van der Waals surface area (Å²) in [6.07, 6.45) is 1.43. The first-order valence-electron chi connectivity index (χ1n) is 8.69. The molecule has 3 rings (SSSR count). The molecule has 0 aliphatic rings. The Balaban J connectivity index is 1.64. The molecule has 0 aliphatic carbocycles. The Bertz CT molecular complexity index is 1050. The highest BCUT2D eigenvalue weighted by Gasteiger charge is 2.15. The summed E-state index contributed by atoms with van der Waals surface area (Å²) >= 11 is 5.23.